The summed E-state index contributed by atoms with van der Waals surface area (Å²) in [6, 6.07) is 12.3. The number of benzene rings is 3. The molecule has 0 spiro atoms. The number of ether oxygens (including phenoxy) is 1. The third-order valence-electron chi connectivity index (χ3n) is 9.92. The maximum Gasteiger partial charge on any atom is 0.317 e. The van der Waals surface area contributed by atoms with Crippen molar-refractivity contribution >= 4 is 43.7 Å². The van der Waals surface area contributed by atoms with Gasteiger partial charge in [-0.15, -0.1) is 0 Å². The zero-order valence-corrected chi connectivity index (χ0v) is 29.7. The van der Waals surface area contributed by atoms with E-state index in [1.165, 1.54) is 36.5 Å². The molecular weight excluding hydrogens is 712 g/mol. The van der Waals surface area contributed by atoms with Crippen LogP contribution in [0.3, 0.4) is 0 Å². The summed E-state index contributed by atoms with van der Waals surface area (Å²) in [4.78, 5) is 15.6. The molecule has 0 aliphatic carbocycles. The first-order valence-corrected chi connectivity index (χ1v) is 19.0. The van der Waals surface area contributed by atoms with Gasteiger partial charge in [-0.25, -0.2) is 23.1 Å². The van der Waals surface area contributed by atoms with Gasteiger partial charge in [-0.1, -0.05) is 43.0 Å². The van der Waals surface area contributed by atoms with E-state index < -0.39 is 46.2 Å². The Hall–Kier alpha value is -4.83. The minimum absolute atomic E-state index is 0.100. The fraction of sp³-hybridized carbons (Fsp3) is 0.342. The number of fused-ring (bicyclic) bond motifs is 3. The summed E-state index contributed by atoms with van der Waals surface area (Å²) in [7, 11) is -3.74. The molecular formula is C38H38F3N5O6S. The molecule has 2 aliphatic heterocycles. The summed E-state index contributed by atoms with van der Waals surface area (Å²) in [5.41, 5.74) is 0.629. The van der Waals surface area contributed by atoms with Crippen molar-refractivity contribution in [3.8, 4) is 23.0 Å². The van der Waals surface area contributed by atoms with Gasteiger partial charge < -0.3 is 20.3 Å². The number of phenols is 1. The van der Waals surface area contributed by atoms with Gasteiger partial charge in [0.15, 0.2) is 5.82 Å². The first-order valence-electron chi connectivity index (χ1n) is 17.2. The van der Waals surface area contributed by atoms with E-state index in [-0.39, 0.29) is 63.8 Å². The average molecular weight is 750 g/mol. The molecule has 1 unspecified atom stereocenters. The van der Waals surface area contributed by atoms with E-state index in [4.69, 9.17) is 8.92 Å². The standard InChI is InChI=1S/C38H38F3N5O6S/c1-3-27-30(40)9-8-24-15-26(47)16-28(32(24)27)34-33(41)35-29(18-43-37(45-35)51-21-38-11-5-13-46(38)19-25(39)17-38)36(44-34)42-12-10-22-6-4-7-23(14-22)31(48)20-52-53(2,49)50/h3-4,6-9,14-16,18,25,31,47-48H,1,5,10-13,17,19-21H2,2H3,(H,42,44)/t25-,31?,38+/m1/s1. The molecule has 53 heavy (non-hydrogen) atoms. The molecule has 15 heteroatoms. The quantitative estimate of drug-likeness (QED) is 0.120. The Morgan fingerprint density at radius 1 is 1.19 bits per heavy atom. The van der Waals surface area contributed by atoms with Gasteiger partial charge in [-0.05, 0) is 60.5 Å². The lowest BCUT2D eigenvalue weighted by Gasteiger charge is -2.30. The summed E-state index contributed by atoms with van der Waals surface area (Å²) < 4.78 is 79.8. The van der Waals surface area contributed by atoms with Crippen LogP contribution in [0.5, 0.6) is 11.8 Å². The molecule has 0 amide bonds. The Bertz CT molecular complexity index is 2330. The van der Waals surface area contributed by atoms with E-state index in [1.54, 1.807) is 18.2 Å². The van der Waals surface area contributed by atoms with Crippen molar-refractivity contribution in [3.63, 3.8) is 0 Å². The van der Waals surface area contributed by atoms with Crippen molar-refractivity contribution in [1.82, 2.24) is 19.9 Å². The third kappa shape index (κ3) is 7.51. The van der Waals surface area contributed by atoms with E-state index in [2.05, 4.69) is 31.7 Å². The maximum atomic E-state index is 16.8. The number of halogens is 3. The van der Waals surface area contributed by atoms with Gasteiger partial charge in [-0.2, -0.15) is 13.4 Å². The zero-order valence-electron chi connectivity index (χ0n) is 28.9. The molecule has 7 rings (SSSR count). The number of nitrogens with one attached hydrogen (secondary N) is 1. The van der Waals surface area contributed by atoms with Crippen molar-refractivity contribution in [3.05, 3.63) is 89.6 Å². The minimum atomic E-state index is -3.74. The molecule has 3 atom stereocenters. The number of alkyl halides is 1. The first-order chi connectivity index (χ1) is 25.3. The Morgan fingerprint density at radius 2 is 2.02 bits per heavy atom. The number of rotatable bonds is 13. The predicted octanol–water partition coefficient (Wildman–Crippen LogP) is 6.09. The Morgan fingerprint density at radius 3 is 2.81 bits per heavy atom. The molecule has 0 bridgehead atoms. The lowest BCUT2D eigenvalue weighted by molar-refractivity contribution is 0.107. The van der Waals surface area contributed by atoms with Crippen LogP contribution in [0.25, 0.3) is 39.0 Å². The molecule has 2 aromatic heterocycles. The van der Waals surface area contributed by atoms with Crippen molar-refractivity contribution in [2.45, 2.75) is 43.5 Å². The van der Waals surface area contributed by atoms with E-state index in [0.717, 1.165) is 31.2 Å². The van der Waals surface area contributed by atoms with Crippen LogP contribution in [-0.2, 0) is 20.7 Å². The minimum Gasteiger partial charge on any atom is -0.508 e. The summed E-state index contributed by atoms with van der Waals surface area (Å²) in [5.74, 6) is -1.43. The van der Waals surface area contributed by atoms with Crippen LogP contribution >= 0.6 is 0 Å². The van der Waals surface area contributed by atoms with Gasteiger partial charge in [0.25, 0.3) is 10.1 Å². The lowest BCUT2D eigenvalue weighted by Crippen LogP contribution is -2.43. The third-order valence-corrected chi connectivity index (χ3v) is 10.5. The zero-order chi connectivity index (χ0) is 37.5. The van der Waals surface area contributed by atoms with Gasteiger partial charge in [0.05, 0.1) is 23.8 Å². The molecule has 0 saturated carbocycles. The number of pyridine rings is 1. The topological polar surface area (TPSA) is 147 Å². The van der Waals surface area contributed by atoms with Gasteiger partial charge in [-0.3, -0.25) is 9.08 Å². The number of hydrogen-bond acceptors (Lipinski definition) is 11. The van der Waals surface area contributed by atoms with Crippen LogP contribution < -0.4 is 10.1 Å². The van der Waals surface area contributed by atoms with E-state index >= 15 is 8.78 Å². The number of hydrogen-bond donors (Lipinski definition) is 3. The second-order valence-corrected chi connectivity index (χ2v) is 15.2. The van der Waals surface area contributed by atoms with Crippen molar-refractivity contribution < 1.29 is 40.7 Å². The number of aliphatic hydroxyl groups is 1. The molecule has 3 N–H and O–H groups in total. The highest BCUT2D eigenvalue weighted by atomic mass is 32.2. The highest BCUT2D eigenvalue weighted by Crippen LogP contribution is 2.42. The molecule has 2 saturated heterocycles. The smallest absolute Gasteiger partial charge is 0.317 e. The van der Waals surface area contributed by atoms with E-state index in [1.807, 2.05) is 6.07 Å². The maximum absolute atomic E-state index is 16.8. The summed E-state index contributed by atoms with van der Waals surface area (Å²) in [6.45, 7) is 4.83. The fourth-order valence-corrected chi connectivity index (χ4v) is 7.85. The van der Waals surface area contributed by atoms with Crippen LogP contribution in [0.1, 0.15) is 42.1 Å². The molecule has 3 aromatic carbocycles. The lowest BCUT2D eigenvalue weighted by atomic mass is 9.95. The number of phenolic OH excluding ortho intramolecular Hbond substituents is 1. The summed E-state index contributed by atoms with van der Waals surface area (Å²) >= 11 is 0. The number of aliphatic hydroxyl groups excluding tert-OH is 1. The second kappa shape index (κ2) is 14.5. The monoisotopic (exact) mass is 749 g/mol. The highest BCUT2D eigenvalue weighted by Gasteiger charge is 2.49. The molecule has 278 valence electrons. The molecule has 2 aliphatic rings. The molecule has 11 nitrogen and oxygen atoms in total. The predicted molar refractivity (Wildman–Crippen MR) is 195 cm³/mol. The van der Waals surface area contributed by atoms with Gasteiger partial charge >= 0.3 is 6.01 Å². The Labute approximate surface area is 304 Å². The normalized spacial score (nSPS) is 19.5. The molecule has 4 heterocycles. The largest absolute Gasteiger partial charge is 0.508 e. The number of nitrogens with zero attached hydrogens (tertiary/aromatic N) is 4. The number of aromatic nitrogens is 3. The van der Waals surface area contributed by atoms with Crippen LogP contribution in [-0.4, -0.2) is 89.3 Å². The van der Waals surface area contributed by atoms with Crippen LogP contribution in [0.15, 0.2) is 61.3 Å². The first kappa shape index (κ1) is 36.5. The second-order valence-electron chi connectivity index (χ2n) is 13.6. The van der Waals surface area contributed by atoms with Crippen molar-refractivity contribution in [2.75, 3.05) is 44.4 Å². The van der Waals surface area contributed by atoms with Crippen molar-refractivity contribution in [1.29, 1.82) is 0 Å². The van der Waals surface area contributed by atoms with Crippen LogP contribution in [0.2, 0.25) is 0 Å². The Kier molecular flexibility index (Phi) is 10.0. The average Bonchev–Trinajstić information content (AvgIpc) is 3.66. The summed E-state index contributed by atoms with van der Waals surface area (Å²) in [6.07, 6.45) is 3.90. The Balaban J connectivity index is 1.25. The fourth-order valence-electron chi connectivity index (χ4n) is 7.47. The van der Waals surface area contributed by atoms with E-state index in [9.17, 15) is 23.0 Å². The van der Waals surface area contributed by atoms with Crippen LogP contribution in [0, 0.1) is 11.6 Å². The number of anilines is 1. The van der Waals surface area contributed by atoms with Crippen LogP contribution in [0.4, 0.5) is 19.0 Å². The SMILES string of the molecule is C=Cc1c(F)ccc2cc(O)cc(-c3nc(NCCc4cccc(C(O)COS(C)(=O)=O)c4)c4cnc(OC[C@@]56CCCN5C[C@H](F)C6)nc4c3F)c12. The van der Waals surface area contributed by atoms with Gasteiger partial charge in [0, 0.05) is 42.2 Å². The van der Waals surface area contributed by atoms with Gasteiger partial charge in [0.1, 0.15) is 47.5 Å². The highest BCUT2D eigenvalue weighted by molar-refractivity contribution is 7.85. The molecule has 5 aromatic rings. The summed E-state index contributed by atoms with van der Waals surface area (Å²) in [5, 5.41) is 25.3. The molecule has 0 radical (unpaired) electrons. The molecule has 2 fully saturated rings. The number of aromatic hydroxyl groups is 1. The van der Waals surface area contributed by atoms with Crippen molar-refractivity contribution in [2.24, 2.45) is 0 Å². The van der Waals surface area contributed by atoms with Gasteiger partial charge in [0.2, 0.25) is 0 Å². The van der Waals surface area contributed by atoms with E-state index in [0.29, 0.717) is 30.3 Å².